The number of pyridine rings is 1. The maximum absolute atomic E-state index is 13.1. The zero-order valence-corrected chi connectivity index (χ0v) is 19.0. The van der Waals surface area contributed by atoms with Crippen molar-refractivity contribution in [3.05, 3.63) is 92.4 Å². The van der Waals surface area contributed by atoms with Crippen LogP contribution in [0.15, 0.2) is 59.4 Å². The molecule has 0 fully saturated rings. The molecule has 8 nitrogen and oxygen atoms in total. The number of hydrogen-bond donors (Lipinski definition) is 4. The summed E-state index contributed by atoms with van der Waals surface area (Å²) in [5.74, 6) is -1.07. The van der Waals surface area contributed by atoms with E-state index in [1.807, 2.05) is 31.2 Å². The Morgan fingerprint density at radius 2 is 1.79 bits per heavy atom. The number of nitrogens with zero attached hydrogens (tertiary/aromatic N) is 1. The van der Waals surface area contributed by atoms with Crippen LogP contribution in [0.25, 0.3) is 0 Å². The van der Waals surface area contributed by atoms with E-state index in [-0.39, 0.29) is 24.3 Å². The second kappa shape index (κ2) is 10.2. The number of anilines is 2. The van der Waals surface area contributed by atoms with Crippen LogP contribution in [-0.4, -0.2) is 21.7 Å². The molecule has 1 aromatic heterocycles. The lowest BCUT2D eigenvalue weighted by Gasteiger charge is -2.19. The fourth-order valence-corrected chi connectivity index (χ4v) is 3.64. The van der Waals surface area contributed by atoms with Crippen LogP contribution in [0.5, 0.6) is 0 Å². The van der Waals surface area contributed by atoms with Gasteiger partial charge in [-0.05, 0) is 37.1 Å². The van der Waals surface area contributed by atoms with E-state index in [2.05, 4.69) is 10.6 Å². The molecule has 1 unspecified atom stereocenters. The minimum Gasteiger partial charge on any atom is -0.481 e. The molecule has 0 spiro atoms. The van der Waals surface area contributed by atoms with Crippen LogP contribution in [0.2, 0.25) is 5.02 Å². The molecule has 172 valence electrons. The van der Waals surface area contributed by atoms with Gasteiger partial charge in [0.2, 0.25) is 0 Å². The molecule has 0 saturated carbocycles. The molecule has 0 bridgehead atoms. The minimum atomic E-state index is -1.07. The Labute approximate surface area is 196 Å². The van der Waals surface area contributed by atoms with Gasteiger partial charge in [0.05, 0.1) is 24.7 Å². The first-order chi connectivity index (χ1) is 15.7. The highest BCUT2D eigenvalue weighted by atomic mass is 35.5. The van der Waals surface area contributed by atoms with Gasteiger partial charge < -0.3 is 26.0 Å². The van der Waals surface area contributed by atoms with Crippen molar-refractivity contribution in [3.8, 4) is 0 Å². The van der Waals surface area contributed by atoms with Crippen LogP contribution in [0.4, 0.5) is 16.2 Å². The number of carbonyl (C=O) groups is 2. The van der Waals surface area contributed by atoms with Crippen molar-refractivity contribution in [1.82, 2.24) is 9.88 Å². The molecule has 5 N–H and O–H groups in total. The lowest BCUT2D eigenvalue weighted by molar-refractivity contribution is -0.137. The SMILES string of the molecule is Cc1ccc(C(CC(=O)O)NC(=O)Nc2c(N)cc(C)n(Cc3ccccc3Cl)c2=O)cc1. The second-order valence-corrected chi connectivity index (χ2v) is 8.17. The maximum atomic E-state index is 13.1. The Balaban J connectivity index is 1.86. The third-order valence-electron chi connectivity index (χ3n) is 5.23. The standard InChI is InChI=1S/C24H25ClN4O4/c1-14-7-9-16(10-8-14)20(12-21(30)31)27-24(33)28-22-19(26)11-15(2)29(23(22)32)13-17-5-3-4-6-18(17)25/h3-11,20H,12-13,26H2,1-2H3,(H,30,31)(H2,27,28,33). The van der Waals surface area contributed by atoms with Gasteiger partial charge in [-0.25, -0.2) is 4.79 Å². The number of aromatic nitrogens is 1. The molecule has 0 aliphatic heterocycles. The first kappa shape index (κ1) is 23.9. The number of nitrogen functional groups attached to an aromatic ring is 1. The van der Waals surface area contributed by atoms with Gasteiger partial charge in [-0.3, -0.25) is 9.59 Å². The number of benzene rings is 2. The third kappa shape index (κ3) is 5.93. The fourth-order valence-electron chi connectivity index (χ4n) is 3.45. The first-order valence-corrected chi connectivity index (χ1v) is 10.6. The van der Waals surface area contributed by atoms with Crippen molar-refractivity contribution in [1.29, 1.82) is 0 Å². The van der Waals surface area contributed by atoms with Crippen LogP contribution in [0.3, 0.4) is 0 Å². The molecular weight excluding hydrogens is 444 g/mol. The lowest BCUT2D eigenvalue weighted by atomic mass is 10.0. The number of carbonyl (C=O) groups excluding carboxylic acids is 1. The van der Waals surface area contributed by atoms with E-state index in [0.29, 0.717) is 16.3 Å². The van der Waals surface area contributed by atoms with E-state index in [1.165, 1.54) is 4.57 Å². The predicted molar refractivity (Wildman–Crippen MR) is 129 cm³/mol. The number of aryl methyl sites for hydroxylation is 2. The van der Waals surface area contributed by atoms with Gasteiger partial charge in [0.1, 0.15) is 5.69 Å². The highest BCUT2D eigenvalue weighted by Gasteiger charge is 2.20. The molecular formula is C24H25ClN4O4. The van der Waals surface area contributed by atoms with E-state index in [1.54, 1.807) is 37.3 Å². The molecule has 3 rings (SSSR count). The van der Waals surface area contributed by atoms with E-state index in [0.717, 1.165) is 11.1 Å². The van der Waals surface area contributed by atoms with Crippen LogP contribution in [-0.2, 0) is 11.3 Å². The zero-order valence-electron chi connectivity index (χ0n) is 18.3. The molecule has 1 heterocycles. The van der Waals surface area contributed by atoms with Crippen LogP contribution >= 0.6 is 11.6 Å². The van der Waals surface area contributed by atoms with Crippen molar-refractivity contribution < 1.29 is 14.7 Å². The summed E-state index contributed by atoms with van der Waals surface area (Å²) in [6.07, 6.45) is -0.323. The van der Waals surface area contributed by atoms with Crippen LogP contribution in [0, 0.1) is 13.8 Å². The maximum Gasteiger partial charge on any atom is 0.319 e. The van der Waals surface area contributed by atoms with Crippen LogP contribution in [0.1, 0.15) is 34.8 Å². The highest BCUT2D eigenvalue weighted by molar-refractivity contribution is 6.31. The molecule has 3 aromatic rings. The van der Waals surface area contributed by atoms with Gasteiger partial charge in [-0.15, -0.1) is 0 Å². The topological polar surface area (TPSA) is 126 Å². The summed E-state index contributed by atoms with van der Waals surface area (Å²) in [6, 6.07) is 14.4. The Morgan fingerprint density at radius 1 is 1.12 bits per heavy atom. The average molecular weight is 469 g/mol. The summed E-state index contributed by atoms with van der Waals surface area (Å²) in [4.78, 5) is 37.2. The molecule has 0 radical (unpaired) electrons. The van der Waals surface area contributed by atoms with Crippen LogP contribution < -0.4 is 21.9 Å². The normalized spacial score (nSPS) is 11.6. The summed E-state index contributed by atoms with van der Waals surface area (Å²) < 4.78 is 1.46. The van der Waals surface area contributed by atoms with Gasteiger partial charge in [0.15, 0.2) is 0 Å². The van der Waals surface area contributed by atoms with Gasteiger partial charge in [0, 0.05) is 10.7 Å². The van der Waals surface area contributed by atoms with Crippen molar-refractivity contribution in [2.24, 2.45) is 0 Å². The molecule has 33 heavy (non-hydrogen) atoms. The van der Waals surface area contributed by atoms with Crippen molar-refractivity contribution in [3.63, 3.8) is 0 Å². The van der Waals surface area contributed by atoms with Gasteiger partial charge in [0.25, 0.3) is 5.56 Å². The van der Waals surface area contributed by atoms with E-state index < -0.39 is 23.6 Å². The second-order valence-electron chi connectivity index (χ2n) is 7.76. The highest BCUT2D eigenvalue weighted by Crippen LogP contribution is 2.21. The van der Waals surface area contributed by atoms with Gasteiger partial charge >= 0.3 is 12.0 Å². The quantitative estimate of drug-likeness (QED) is 0.415. The van der Waals surface area contributed by atoms with E-state index >= 15 is 0 Å². The Bertz CT molecular complexity index is 1240. The Hall–Kier alpha value is -3.78. The summed E-state index contributed by atoms with van der Waals surface area (Å²) in [7, 11) is 0. The number of carboxylic acids is 1. The fraction of sp³-hybridized carbons (Fsp3) is 0.208. The summed E-state index contributed by atoms with van der Waals surface area (Å²) in [5.41, 5.74) is 8.52. The number of halogens is 1. The number of amides is 2. The molecule has 0 aliphatic rings. The third-order valence-corrected chi connectivity index (χ3v) is 5.60. The zero-order chi connectivity index (χ0) is 24.1. The van der Waals surface area contributed by atoms with E-state index in [9.17, 15) is 19.5 Å². The minimum absolute atomic E-state index is 0.0943. The number of hydrogen-bond acceptors (Lipinski definition) is 4. The molecule has 0 aliphatic carbocycles. The number of nitrogens with two attached hydrogens (primary N) is 1. The van der Waals surface area contributed by atoms with E-state index in [4.69, 9.17) is 17.3 Å². The number of carboxylic acid groups (broad SMARTS) is 1. The van der Waals surface area contributed by atoms with Crippen molar-refractivity contribution in [2.75, 3.05) is 11.1 Å². The lowest BCUT2D eigenvalue weighted by Crippen LogP contribution is -2.37. The first-order valence-electron chi connectivity index (χ1n) is 10.2. The number of aliphatic carboxylic acids is 1. The Kier molecular flexibility index (Phi) is 7.40. The number of rotatable bonds is 7. The predicted octanol–water partition coefficient (Wildman–Crippen LogP) is 4.09. The molecule has 2 aromatic carbocycles. The number of urea groups is 1. The van der Waals surface area contributed by atoms with Gasteiger partial charge in [-0.2, -0.15) is 0 Å². The summed E-state index contributed by atoms with van der Waals surface area (Å²) in [6.45, 7) is 3.84. The smallest absolute Gasteiger partial charge is 0.319 e. The molecule has 9 heteroatoms. The monoisotopic (exact) mass is 468 g/mol. The Morgan fingerprint density at radius 3 is 2.42 bits per heavy atom. The summed E-state index contributed by atoms with van der Waals surface area (Å²) >= 11 is 6.23. The van der Waals surface area contributed by atoms with Crippen molar-refractivity contribution >= 4 is 35.0 Å². The molecule has 2 amide bonds. The van der Waals surface area contributed by atoms with Crippen molar-refractivity contribution in [2.45, 2.75) is 32.9 Å². The summed E-state index contributed by atoms with van der Waals surface area (Å²) in [5, 5.41) is 14.9. The molecule has 0 saturated heterocycles. The number of nitrogens with one attached hydrogen (secondary N) is 2. The van der Waals surface area contributed by atoms with Gasteiger partial charge in [-0.1, -0.05) is 59.6 Å². The molecule has 1 atom stereocenters. The average Bonchev–Trinajstić information content (AvgIpc) is 2.75. The largest absolute Gasteiger partial charge is 0.481 e.